The molecule has 276 valence electrons. The first-order valence-corrected chi connectivity index (χ1v) is 19.4. The van der Waals surface area contributed by atoms with Crippen LogP contribution in [-0.4, -0.2) is 24.1 Å². The average molecular weight is 747 g/mol. The van der Waals surface area contributed by atoms with Crippen LogP contribution in [0, 0.1) is 0 Å². The Kier molecular flexibility index (Phi) is 8.77. The van der Waals surface area contributed by atoms with E-state index in [9.17, 15) is 0 Å². The molecule has 0 fully saturated rings. The summed E-state index contributed by atoms with van der Waals surface area (Å²) in [7, 11) is 0. The maximum Gasteiger partial charge on any atom is 0.162 e. The second-order valence-electron chi connectivity index (χ2n) is 14.2. The van der Waals surface area contributed by atoms with Crippen molar-refractivity contribution in [2.45, 2.75) is 6.92 Å². The van der Waals surface area contributed by atoms with Crippen molar-refractivity contribution >= 4 is 55.3 Å². The minimum atomic E-state index is 0.642. The van der Waals surface area contributed by atoms with Crippen LogP contribution in [0.3, 0.4) is 0 Å². The van der Waals surface area contributed by atoms with Gasteiger partial charge in [-0.3, -0.25) is 0 Å². The zero-order valence-corrected chi connectivity index (χ0v) is 31.9. The highest BCUT2D eigenvalue weighted by atomic mass is 15.1. The van der Waals surface area contributed by atoms with Gasteiger partial charge in [0.1, 0.15) is 12.7 Å². The van der Waals surface area contributed by atoms with Gasteiger partial charge >= 0.3 is 0 Å². The Morgan fingerprint density at radius 1 is 0.552 bits per heavy atom. The van der Waals surface area contributed by atoms with Gasteiger partial charge in [-0.15, -0.1) is 0 Å². The van der Waals surface area contributed by atoms with Crippen molar-refractivity contribution in [3.05, 3.63) is 213 Å². The van der Waals surface area contributed by atoms with E-state index in [1.807, 2.05) is 13.0 Å². The van der Waals surface area contributed by atoms with Gasteiger partial charge in [-0.05, 0) is 132 Å². The van der Waals surface area contributed by atoms with Crippen LogP contribution in [0.4, 0.5) is 17.1 Å². The van der Waals surface area contributed by atoms with Crippen molar-refractivity contribution in [2.75, 3.05) is 4.90 Å². The molecule has 0 amide bonds. The van der Waals surface area contributed by atoms with Gasteiger partial charge in [-0.1, -0.05) is 85.5 Å². The molecule has 10 aromatic rings. The van der Waals surface area contributed by atoms with E-state index in [0.717, 1.165) is 56.3 Å². The molecule has 0 bridgehead atoms. The van der Waals surface area contributed by atoms with Gasteiger partial charge in [0.05, 0.1) is 16.6 Å². The predicted molar refractivity (Wildman–Crippen MR) is 240 cm³/mol. The molecule has 6 nitrogen and oxygen atoms in total. The first-order valence-electron chi connectivity index (χ1n) is 19.4. The van der Waals surface area contributed by atoms with Crippen molar-refractivity contribution < 1.29 is 0 Å². The number of nitrogens with zero attached hydrogens (tertiary/aromatic N) is 6. The lowest BCUT2D eigenvalue weighted by molar-refractivity contribution is 1.06. The van der Waals surface area contributed by atoms with Crippen LogP contribution in [0.25, 0.3) is 72.2 Å². The molecule has 0 aliphatic carbocycles. The summed E-state index contributed by atoms with van der Waals surface area (Å²) < 4.78 is 4.67. The SMILES string of the molecule is C=C/C(=C\C)c1ccc(N(c2ccc(-c3ccc4c(c3)c3c5ccn(-c6ccccc6)c5ccc3n4-c3ccccc3)cc2)c2ccc(-c3ncncn3)cc2)cc1. The van der Waals surface area contributed by atoms with Gasteiger partial charge in [0, 0.05) is 56.4 Å². The molecule has 3 heterocycles. The Labute approximate surface area is 337 Å². The van der Waals surface area contributed by atoms with Crippen LogP contribution in [0.2, 0.25) is 0 Å². The summed E-state index contributed by atoms with van der Waals surface area (Å²) >= 11 is 0. The first-order chi connectivity index (χ1) is 28.7. The molecule has 0 spiro atoms. The number of allylic oxidation sites excluding steroid dienone is 3. The normalized spacial score (nSPS) is 11.7. The Hall–Kier alpha value is -7.83. The van der Waals surface area contributed by atoms with E-state index in [0.29, 0.717) is 5.82 Å². The number of aromatic nitrogens is 5. The lowest BCUT2D eigenvalue weighted by Gasteiger charge is -2.26. The number of anilines is 3. The largest absolute Gasteiger partial charge is 0.317 e. The fraction of sp³-hybridized carbons (Fsp3) is 0.0192. The summed E-state index contributed by atoms with van der Waals surface area (Å²) in [5, 5.41) is 3.69. The quantitative estimate of drug-likeness (QED) is 0.138. The van der Waals surface area contributed by atoms with Crippen molar-refractivity contribution in [1.82, 2.24) is 24.1 Å². The molecule has 0 radical (unpaired) electrons. The van der Waals surface area contributed by atoms with E-state index >= 15 is 0 Å². The van der Waals surface area contributed by atoms with Gasteiger partial charge in [-0.2, -0.15) is 0 Å². The van der Waals surface area contributed by atoms with E-state index in [-0.39, 0.29) is 0 Å². The second-order valence-corrected chi connectivity index (χ2v) is 14.2. The van der Waals surface area contributed by atoms with E-state index in [1.54, 1.807) is 0 Å². The maximum atomic E-state index is 4.35. The molecular formula is C52H38N6. The molecule has 3 aromatic heterocycles. The Bertz CT molecular complexity index is 3090. The summed E-state index contributed by atoms with van der Waals surface area (Å²) in [4.78, 5) is 15.0. The molecule has 6 heteroatoms. The van der Waals surface area contributed by atoms with Crippen LogP contribution in [0.15, 0.2) is 207 Å². The van der Waals surface area contributed by atoms with Crippen LogP contribution in [-0.2, 0) is 0 Å². The molecule has 0 N–H and O–H groups in total. The molecule has 0 saturated carbocycles. The summed E-state index contributed by atoms with van der Waals surface area (Å²) in [5.41, 5.74) is 14.4. The molecule has 58 heavy (non-hydrogen) atoms. The molecule has 0 saturated heterocycles. The lowest BCUT2D eigenvalue weighted by Crippen LogP contribution is -2.10. The highest BCUT2D eigenvalue weighted by Crippen LogP contribution is 2.41. The van der Waals surface area contributed by atoms with Gasteiger partial charge in [-0.25, -0.2) is 15.0 Å². The van der Waals surface area contributed by atoms with Crippen molar-refractivity contribution in [2.24, 2.45) is 0 Å². The Morgan fingerprint density at radius 2 is 1.12 bits per heavy atom. The topological polar surface area (TPSA) is 51.8 Å². The first kappa shape index (κ1) is 34.6. The number of hydrogen-bond acceptors (Lipinski definition) is 4. The van der Waals surface area contributed by atoms with Gasteiger partial charge in [0.15, 0.2) is 5.82 Å². The van der Waals surface area contributed by atoms with Crippen LogP contribution >= 0.6 is 0 Å². The Balaban J connectivity index is 1.08. The molecule has 0 aliphatic rings. The summed E-state index contributed by atoms with van der Waals surface area (Å²) in [6, 6.07) is 60.7. The highest BCUT2D eigenvalue weighted by molar-refractivity contribution is 6.21. The molecule has 7 aromatic carbocycles. The molecule has 10 rings (SSSR count). The number of benzene rings is 7. The predicted octanol–water partition coefficient (Wildman–Crippen LogP) is 13.3. The number of para-hydroxylation sites is 2. The van der Waals surface area contributed by atoms with Crippen molar-refractivity contribution in [3.8, 4) is 33.9 Å². The third-order valence-corrected chi connectivity index (χ3v) is 11.0. The summed E-state index contributed by atoms with van der Waals surface area (Å²) in [6.07, 6.45) is 9.21. The lowest BCUT2D eigenvalue weighted by atomic mass is 10.0. The minimum Gasteiger partial charge on any atom is -0.317 e. The molecule has 0 aliphatic heterocycles. The zero-order chi connectivity index (χ0) is 39.0. The third kappa shape index (κ3) is 6.04. The Morgan fingerprint density at radius 3 is 1.76 bits per heavy atom. The molecule has 0 atom stereocenters. The summed E-state index contributed by atoms with van der Waals surface area (Å²) in [5.74, 6) is 0.642. The van der Waals surface area contributed by atoms with Crippen molar-refractivity contribution in [3.63, 3.8) is 0 Å². The number of fused-ring (bicyclic) bond motifs is 5. The highest BCUT2D eigenvalue weighted by Gasteiger charge is 2.19. The van der Waals surface area contributed by atoms with Crippen molar-refractivity contribution in [1.29, 1.82) is 0 Å². The second kappa shape index (κ2) is 14.7. The maximum absolute atomic E-state index is 4.35. The van der Waals surface area contributed by atoms with Gasteiger partial charge < -0.3 is 14.0 Å². The monoisotopic (exact) mass is 746 g/mol. The number of rotatable bonds is 9. The van der Waals surface area contributed by atoms with Crippen LogP contribution in [0.5, 0.6) is 0 Å². The van der Waals surface area contributed by atoms with E-state index in [2.05, 4.69) is 218 Å². The average Bonchev–Trinajstić information content (AvgIpc) is 3.88. The van der Waals surface area contributed by atoms with E-state index in [1.165, 1.54) is 45.4 Å². The standard InChI is InChI=1S/C52H38N6/c1-3-36(4-2)37-15-22-43(23-16-37)57(45-26-19-39(20-27-45)52-54-34-53-35-55-52)44-24-17-38(18-25-44)40-21-28-49-47(33-40)51-46-31-32-56(41-11-7-5-8-12-41)48(46)29-30-50(51)58(49)42-13-9-6-10-14-42/h3-35H,1H2,2H3/b36-4+. The van der Waals surface area contributed by atoms with E-state index in [4.69, 9.17) is 0 Å². The fourth-order valence-corrected chi connectivity index (χ4v) is 8.19. The smallest absolute Gasteiger partial charge is 0.162 e. The fourth-order valence-electron chi connectivity index (χ4n) is 8.19. The minimum absolute atomic E-state index is 0.642. The van der Waals surface area contributed by atoms with Crippen LogP contribution in [0.1, 0.15) is 12.5 Å². The van der Waals surface area contributed by atoms with Crippen LogP contribution < -0.4 is 4.90 Å². The summed E-state index contributed by atoms with van der Waals surface area (Å²) in [6.45, 7) is 6.04. The van der Waals surface area contributed by atoms with Gasteiger partial charge in [0.25, 0.3) is 0 Å². The zero-order valence-electron chi connectivity index (χ0n) is 31.9. The van der Waals surface area contributed by atoms with E-state index < -0.39 is 0 Å². The number of hydrogen-bond donors (Lipinski definition) is 0. The third-order valence-electron chi connectivity index (χ3n) is 11.0. The van der Waals surface area contributed by atoms with Gasteiger partial charge in [0.2, 0.25) is 0 Å². The molecular weight excluding hydrogens is 709 g/mol. The molecule has 0 unspecified atom stereocenters.